The summed E-state index contributed by atoms with van der Waals surface area (Å²) in [4.78, 5) is 26.5. The van der Waals surface area contributed by atoms with E-state index in [2.05, 4.69) is 5.32 Å². The number of urea groups is 1. The topological polar surface area (TPSA) is 82.1 Å². The lowest BCUT2D eigenvalue weighted by atomic mass is 9.95. The zero-order valence-corrected chi connectivity index (χ0v) is 17.2. The number of halogens is 2. The van der Waals surface area contributed by atoms with E-state index >= 15 is 0 Å². The van der Waals surface area contributed by atoms with Gasteiger partial charge in [0.2, 0.25) is 0 Å². The van der Waals surface area contributed by atoms with Crippen molar-refractivity contribution in [2.24, 2.45) is 0 Å². The summed E-state index contributed by atoms with van der Waals surface area (Å²) in [5.74, 6) is -0.502. The molecule has 2 aliphatic rings. The van der Waals surface area contributed by atoms with Gasteiger partial charge >= 0.3 is 12.0 Å². The second-order valence-corrected chi connectivity index (χ2v) is 8.32. The third-order valence-corrected chi connectivity index (χ3v) is 6.69. The average molecular weight is 442 g/mol. The van der Waals surface area contributed by atoms with Gasteiger partial charge in [0, 0.05) is 4.88 Å². The molecule has 1 aliphatic heterocycles. The number of hydrogen-bond acceptors (Lipinski definition) is 6. The highest BCUT2D eigenvalue weighted by Gasteiger charge is 2.38. The van der Waals surface area contributed by atoms with Crippen molar-refractivity contribution in [2.45, 2.75) is 32.6 Å². The van der Waals surface area contributed by atoms with Crippen molar-refractivity contribution in [3.8, 4) is 0 Å². The van der Waals surface area contributed by atoms with Crippen LogP contribution >= 0.6 is 34.5 Å². The van der Waals surface area contributed by atoms with Gasteiger partial charge in [-0.25, -0.2) is 9.59 Å². The van der Waals surface area contributed by atoms with Gasteiger partial charge in [-0.3, -0.25) is 5.21 Å². The Bertz CT molecular complexity index is 978. The Morgan fingerprint density at radius 3 is 2.75 bits per heavy atom. The van der Waals surface area contributed by atoms with E-state index in [4.69, 9.17) is 27.9 Å². The minimum Gasteiger partial charge on any atom is -0.462 e. The van der Waals surface area contributed by atoms with E-state index < -0.39 is 12.0 Å². The molecule has 0 fully saturated rings. The van der Waals surface area contributed by atoms with E-state index in [0.29, 0.717) is 21.4 Å². The number of carbonyl (C=O) groups is 2. The molecule has 0 radical (unpaired) electrons. The van der Waals surface area contributed by atoms with Gasteiger partial charge < -0.3 is 10.1 Å². The Morgan fingerprint density at radius 1 is 1.29 bits per heavy atom. The van der Waals surface area contributed by atoms with Crippen molar-refractivity contribution in [3.05, 3.63) is 38.2 Å². The van der Waals surface area contributed by atoms with Crippen LogP contribution in [-0.2, 0) is 17.6 Å². The molecule has 0 atom stereocenters. The smallest absolute Gasteiger partial charge is 0.348 e. The number of esters is 1. The highest BCUT2D eigenvalue weighted by Crippen LogP contribution is 2.45. The van der Waals surface area contributed by atoms with E-state index in [0.717, 1.165) is 41.1 Å². The first kappa shape index (κ1) is 19.3. The second kappa shape index (κ2) is 7.44. The number of thiophene rings is 1. The largest absolute Gasteiger partial charge is 0.462 e. The van der Waals surface area contributed by atoms with Gasteiger partial charge in [0.05, 0.1) is 22.3 Å². The molecule has 0 saturated heterocycles. The van der Waals surface area contributed by atoms with Crippen LogP contribution in [0.5, 0.6) is 0 Å². The minimum absolute atomic E-state index is 0.217. The van der Waals surface area contributed by atoms with Gasteiger partial charge in [-0.15, -0.1) is 11.3 Å². The molecule has 1 aromatic heterocycles. The van der Waals surface area contributed by atoms with Crippen molar-refractivity contribution in [1.29, 1.82) is 0 Å². The van der Waals surface area contributed by atoms with E-state index in [1.807, 2.05) is 0 Å². The fourth-order valence-corrected chi connectivity index (χ4v) is 5.14. The van der Waals surface area contributed by atoms with Gasteiger partial charge in [0.25, 0.3) is 0 Å². The van der Waals surface area contributed by atoms with Gasteiger partial charge in [-0.2, -0.15) is 10.2 Å². The minimum atomic E-state index is -0.613. The summed E-state index contributed by atoms with van der Waals surface area (Å²) in [6, 6.07) is 2.30. The first-order valence-corrected chi connectivity index (χ1v) is 10.4. The molecular formula is C18H17Cl2N3O4S. The van der Waals surface area contributed by atoms with Crippen LogP contribution in [-0.4, -0.2) is 23.8 Å². The van der Waals surface area contributed by atoms with Crippen LogP contribution in [0.4, 0.5) is 21.2 Å². The van der Waals surface area contributed by atoms with Crippen molar-refractivity contribution in [1.82, 2.24) is 0 Å². The second-order valence-electron chi connectivity index (χ2n) is 6.43. The number of anilines is 3. The number of fused-ring (bicyclic) bond motifs is 2. The maximum Gasteiger partial charge on any atom is 0.348 e. The molecule has 148 valence electrons. The zero-order valence-electron chi connectivity index (χ0n) is 14.9. The SMILES string of the molecule is CCOC(=O)c1c(N2C(=O)Nc3cc(Cl)c(Cl)cc3N2O)sc2c1CCCC2. The number of nitrogens with zero attached hydrogens (tertiary/aromatic N) is 2. The summed E-state index contributed by atoms with van der Waals surface area (Å²) >= 11 is 13.4. The molecule has 2 amide bonds. The lowest BCUT2D eigenvalue weighted by molar-refractivity contribution is 0.0526. The number of benzene rings is 1. The Hall–Kier alpha value is -2.00. The molecule has 2 N–H and O–H groups in total. The number of hydrogen-bond donors (Lipinski definition) is 2. The van der Waals surface area contributed by atoms with Gasteiger partial charge in [-0.05, 0) is 50.3 Å². The molecular weight excluding hydrogens is 425 g/mol. The summed E-state index contributed by atoms with van der Waals surface area (Å²) in [7, 11) is 0. The van der Waals surface area contributed by atoms with Crippen LogP contribution in [0.1, 0.15) is 40.6 Å². The summed E-state index contributed by atoms with van der Waals surface area (Å²) < 4.78 is 5.23. The quantitative estimate of drug-likeness (QED) is 0.633. The molecule has 28 heavy (non-hydrogen) atoms. The summed E-state index contributed by atoms with van der Waals surface area (Å²) in [5, 5.41) is 16.0. The number of aryl methyl sites for hydroxylation is 1. The monoisotopic (exact) mass is 441 g/mol. The lowest BCUT2D eigenvalue weighted by Crippen LogP contribution is -2.51. The normalized spacial score (nSPS) is 15.8. The van der Waals surface area contributed by atoms with Crippen LogP contribution in [0, 0.1) is 0 Å². The van der Waals surface area contributed by atoms with Crippen LogP contribution in [0.3, 0.4) is 0 Å². The summed E-state index contributed by atoms with van der Waals surface area (Å²) in [5.41, 5.74) is 1.79. The fourth-order valence-electron chi connectivity index (χ4n) is 3.46. The van der Waals surface area contributed by atoms with Crippen molar-refractivity contribution in [2.75, 3.05) is 22.1 Å². The molecule has 2 heterocycles. The van der Waals surface area contributed by atoms with E-state index in [1.54, 1.807) is 6.92 Å². The van der Waals surface area contributed by atoms with Crippen LogP contribution in [0.25, 0.3) is 0 Å². The third-order valence-electron chi connectivity index (χ3n) is 4.70. The van der Waals surface area contributed by atoms with Crippen molar-refractivity contribution in [3.63, 3.8) is 0 Å². The van der Waals surface area contributed by atoms with Gasteiger partial charge in [0.15, 0.2) is 0 Å². The summed E-state index contributed by atoms with van der Waals surface area (Å²) in [6.07, 6.45) is 3.53. The molecule has 0 bridgehead atoms. The standard InChI is InChI=1S/C18H17Cl2N3O4S/c1-2-27-17(24)15-9-5-3-4-6-14(9)28-16(15)22-18(25)21-12-7-10(19)11(20)8-13(12)23(22)26/h7-8,26H,2-6H2,1H3,(H,21,25). The Labute approximate surface area is 175 Å². The van der Waals surface area contributed by atoms with Crippen molar-refractivity contribution >= 4 is 62.9 Å². The van der Waals surface area contributed by atoms with E-state index in [-0.39, 0.29) is 22.3 Å². The lowest BCUT2D eigenvalue weighted by Gasteiger charge is -2.35. The number of hydrazine groups is 1. The molecule has 1 aromatic carbocycles. The number of nitrogens with one attached hydrogen (secondary N) is 1. The molecule has 4 rings (SSSR count). The first-order chi connectivity index (χ1) is 13.4. The molecule has 2 aromatic rings. The Balaban J connectivity index is 1.84. The zero-order chi connectivity index (χ0) is 20.0. The number of ether oxygens (including phenoxy) is 1. The van der Waals surface area contributed by atoms with E-state index in [9.17, 15) is 14.8 Å². The molecule has 7 nitrogen and oxygen atoms in total. The van der Waals surface area contributed by atoms with Gasteiger partial charge in [0.1, 0.15) is 16.3 Å². The van der Waals surface area contributed by atoms with Crippen molar-refractivity contribution < 1.29 is 19.5 Å². The molecule has 0 saturated carbocycles. The number of amides is 2. The third kappa shape index (κ3) is 3.10. The maximum absolute atomic E-state index is 12.8. The number of carbonyl (C=O) groups excluding carboxylic acids is 2. The fraction of sp³-hybridized carbons (Fsp3) is 0.333. The predicted molar refractivity (Wildman–Crippen MR) is 109 cm³/mol. The maximum atomic E-state index is 12.8. The van der Waals surface area contributed by atoms with Gasteiger partial charge in [-0.1, -0.05) is 23.2 Å². The average Bonchev–Trinajstić information content (AvgIpc) is 3.03. The van der Waals surface area contributed by atoms with Crippen LogP contribution in [0.2, 0.25) is 10.0 Å². The summed E-state index contributed by atoms with van der Waals surface area (Å²) in [6.45, 7) is 1.94. The molecule has 1 aliphatic carbocycles. The molecule has 0 spiro atoms. The Morgan fingerprint density at radius 2 is 2.00 bits per heavy atom. The first-order valence-electron chi connectivity index (χ1n) is 8.83. The molecule has 0 unspecified atom stereocenters. The highest BCUT2D eigenvalue weighted by atomic mass is 35.5. The predicted octanol–water partition coefficient (Wildman–Crippen LogP) is 5.27. The Kier molecular flexibility index (Phi) is 5.13. The van der Waals surface area contributed by atoms with E-state index in [1.165, 1.54) is 23.5 Å². The van der Waals surface area contributed by atoms with Crippen LogP contribution < -0.4 is 15.5 Å². The van der Waals surface area contributed by atoms with Crippen LogP contribution in [0.15, 0.2) is 12.1 Å². The molecule has 10 heteroatoms. The number of rotatable bonds is 3. The highest BCUT2D eigenvalue weighted by molar-refractivity contribution is 7.17.